The molecule has 0 aromatic carbocycles. The molecule has 3 heterocycles. The lowest BCUT2D eigenvalue weighted by Crippen LogP contribution is -2.44. The molecule has 3 aromatic rings. The summed E-state index contributed by atoms with van der Waals surface area (Å²) in [4.78, 5) is 23.8. The maximum atomic E-state index is 11.6. The Kier molecular flexibility index (Phi) is 5.41. The molecule has 1 fully saturated rings. The van der Waals surface area contributed by atoms with E-state index in [9.17, 15) is 9.90 Å². The van der Waals surface area contributed by atoms with E-state index in [1.54, 1.807) is 6.20 Å². The van der Waals surface area contributed by atoms with E-state index in [1.165, 1.54) is 29.1 Å². The number of nitrogens with zero attached hydrogens (tertiary/aromatic N) is 4. The van der Waals surface area contributed by atoms with E-state index < -0.39 is 11.6 Å². The molecule has 3 aromatic heterocycles. The van der Waals surface area contributed by atoms with Crippen molar-refractivity contribution in [2.75, 3.05) is 5.32 Å². The van der Waals surface area contributed by atoms with Crippen LogP contribution >= 0.6 is 11.3 Å². The largest absolute Gasteiger partial charge is 0.465 e. The van der Waals surface area contributed by atoms with Gasteiger partial charge in [-0.15, -0.1) is 17.8 Å². The fourth-order valence-corrected chi connectivity index (χ4v) is 4.10. The first-order valence-corrected chi connectivity index (χ1v) is 10.8. The molecule has 1 aliphatic carbocycles. The Morgan fingerprint density at radius 1 is 1.42 bits per heavy atom. The van der Waals surface area contributed by atoms with Gasteiger partial charge < -0.3 is 10.4 Å². The topological polar surface area (TPSA) is 107 Å². The molecule has 31 heavy (non-hydrogen) atoms. The van der Waals surface area contributed by atoms with Crippen LogP contribution < -0.4 is 5.32 Å². The van der Waals surface area contributed by atoms with E-state index in [4.69, 9.17) is 6.42 Å². The summed E-state index contributed by atoms with van der Waals surface area (Å²) in [5, 5.41) is 20.1. The first kappa shape index (κ1) is 20.9. The second-order valence-corrected chi connectivity index (χ2v) is 9.68. The van der Waals surface area contributed by atoms with Crippen molar-refractivity contribution in [3.05, 3.63) is 40.5 Å². The molecule has 0 unspecified atom stereocenters. The molecular weight excluding hydrogens is 412 g/mol. The zero-order chi connectivity index (χ0) is 22.2. The van der Waals surface area contributed by atoms with Crippen LogP contribution in [0.15, 0.2) is 24.4 Å². The number of anilines is 2. The first-order chi connectivity index (χ1) is 14.7. The summed E-state index contributed by atoms with van der Waals surface area (Å²) in [6.45, 7) is 5.92. The number of terminal acetylenes is 1. The number of rotatable bonds is 6. The van der Waals surface area contributed by atoms with Crippen molar-refractivity contribution in [2.24, 2.45) is 0 Å². The maximum Gasteiger partial charge on any atom is 0.408 e. The van der Waals surface area contributed by atoms with Crippen molar-refractivity contribution in [3.63, 3.8) is 0 Å². The van der Waals surface area contributed by atoms with Crippen LogP contribution in [-0.2, 0) is 6.54 Å². The number of amides is 1. The fourth-order valence-electron chi connectivity index (χ4n) is 3.16. The standard InChI is InChI=1S/C22H24N6O2S/c1-5-13-11-23-20(25-19(13)24-18-10-16(26-27-18)14-6-7-14)17-9-8-15(31-17)12-28(21(29)30)22(2,3)4/h1,8-11,14H,6-7,12H2,2-4H3,(H,29,30)(H2,23,24,25,26,27). The van der Waals surface area contributed by atoms with E-state index in [2.05, 4.69) is 31.4 Å². The van der Waals surface area contributed by atoms with Gasteiger partial charge in [0.2, 0.25) is 0 Å². The van der Waals surface area contributed by atoms with Gasteiger partial charge in [0.1, 0.15) is 0 Å². The van der Waals surface area contributed by atoms with Crippen LogP contribution in [0.5, 0.6) is 0 Å². The Hall–Kier alpha value is -3.38. The van der Waals surface area contributed by atoms with Crippen molar-refractivity contribution in [1.82, 2.24) is 25.1 Å². The molecule has 4 rings (SSSR count). The van der Waals surface area contributed by atoms with Gasteiger partial charge in [-0.1, -0.05) is 5.92 Å². The molecule has 1 aliphatic rings. The van der Waals surface area contributed by atoms with Crippen molar-refractivity contribution in [1.29, 1.82) is 0 Å². The lowest BCUT2D eigenvalue weighted by molar-refractivity contribution is 0.0962. The highest BCUT2D eigenvalue weighted by Crippen LogP contribution is 2.39. The van der Waals surface area contributed by atoms with Gasteiger partial charge in [0.25, 0.3) is 0 Å². The molecule has 0 atom stereocenters. The number of aromatic nitrogens is 4. The average Bonchev–Trinajstić information content (AvgIpc) is 3.27. The third-order valence-corrected chi connectivity index (χ3v) is 6.11. The average molecular weight is 437 g/mol. The first-order valence-electron chi connectivity index (χ1n) is 10.00. The summed E-state index contributed by atoms with van der Waals surface area (Å²) in [6.07, 6.45) is 8.65. The number of carbonyl (C=O) groups is 1. The van der Waals surface area contributed by atoms with Gasteiger partial charge in [-0.05, 0) is 45.7 Å². The Bertz CT molecular complexity index is 1150. The molecule has 0 spiro atoms. The van der Waals surface area contributed by atoms with Crippen LogP contribution in [0.1, 0.15) is 55.7 Å². The summed E-state index contributed by atoms with van der Waals surface area (Å²) in [5.74, 6) is 4.87. The normalized spacial score (nSPS) is 13.6. The zero-order valence-electron chi connectivity index (χ0n) is 17.6. The van der Waals surface area contributed by atoms with E-state index in [1.807, 2.05) is 39.0 Å². The van der Waals surface area contributed by atoms with E-state index in [-0.39, 0.29) is 0 Å². The summed E-state index contributed by atoms with van der Waals surface area (Å²) in [7, 11) is 0. The summed E-state index contributed by atoms with van der Waals surface area (Å²) < 4.78 is 0. The van der Waals surface area contributed by atoms with Crippen molar-refractivity contribution >= 4 is 29.1 Å². The minimum atomic E-state index is -0.951. The van der Waals surface area contributed by atoms with Crippen LogP contribution in [0.3, 0.4) is 0 Å². The predicted octanol–water partition coefficient (Wildman–Crippen LogP) is 4.81. The number of hydrogen-bond donors (Lipinski definition) is 3. The molecule has 8 nitrogen and oxygen atoms in total. The molecular formula is C22H24N6O2S. The fraction of sp³-hybridized carbons (Fsp3) is 0.364. The van der Waals surface area contributed by atoms with Gasteiger partial charge in [0, 0.05) is 34.3 Å². The van der Waals surface area contributed by atoms with Crippen LogP contribution in [0.25, 0.3) is 10.7 Å². The van der Waals surface area contributed by atoms with Crippen LogP contribution in [0, 0.1) is 12.3 Å². The van der Waals surface area contributed by atoms with Crippen LogP contribution in [0.2, 0.25) is 0 Å². The number of H-pyrrole nitrogens is 1. The lowest BCUT2D eigenvalue weighted by atomic mass is 10.1. The zero-order valence-corrected chi connectivity index (χ0v) is 18.5. The third-order valence-electron chi connectivity index (χ3n) is 5.04. The summed E-state index contributed by atoms with van der Waals surface area (Å²) >= 11 is 1.46. The van der Waals surface area contributed by atoms with Gasteiger partial charge in [-0.3, -0.25) is 10.00 Å². The number of thiophene rings is 1. The monoisotopic (exact) mass is 436 g/mol. The number of nitrogens with one attached hydrogen (secondary N) is 2. The Balaban J connectivity index is 1.56. The second kappa shape index (κ2) is 8.04. The highest BCUT2D eigenvalue weighted by molar-refractivity contribution is 7.15. The predicted molar refractivity (Wildman–Crippen MR) is 120 cm³/mol. The van der Waals surface area contributed by atoms with E-state index in [0.29, 0.717) is 35.5 Å². The molecule has 160 valence electrons. The molecule has 3 N–H and O–H groups in total. The SMILES string of the molecule is C#Cc1cnc(-c2ccc(CN(C(=O)O)C(C)(C)C)s2)nc1Nc1cc(C2CC2)[nH]n1. The van der Waals surface area contributed by atoms with Gasteiger partial charge >= 0.3 is 6.09 Å². The van der Waals surface area contributed by atoms with Gasteiger partial charge in [0.05, 0.1) is 17.0 Å². The van der Waals surface area contributed by atoms with Crippen LogP contribution in [-0.4, -0.2) is 41.8 Å². The minimum Gasteiger partial charge on any atom is -0.465 e. The number of carboxylic acid groups (broad SMARTS) is 1. The minimum absolute atomic E-state index is 0.300. The van der Waals surface area contributed by atoms with E-state index in [0.717, 1.165) is 15.4 Å². The molecule has 0 aliphatic heterocycles. The Morgan fingerprint density at radius 2 is 2.19 bits per heavy atom. The summed E-state index contributed by atoms with van der Waals surface area (Å²) in [5.41, 5.74) is 1.16. The Labute approximate surface area is 184 Å². The second-order valence-electron chi connectivity index (χ2n) is 8.51. The quantitative estimate of drug-likeness (QED) is 0.479. The van der Waals surface area contributed by atoms with Crippen molar-refractivity contribution < 1.29 is 9.90 Å². The smallest absolute Gasteiger partial charge is 0.408 e. The molecule has 1 saturated carbocycles. The maximum absolute atomic E-state index is 11.6. The highest BCUT2D eigenvalue weighted by atomic mass is 32.1. The summed E-state index contributed by atoms with van der Waals surface area (Å²) in [6, 6.07) is 5.79. The van der Waals surface area contributed by atoms with E-state index >= 15 is 0 Å². The van der Waals surface area contributed by atoms with Crippen molar-refractivity contribution in [2.45, 2.75) is 51.6 Å². The molecule has 9 heteroatoms. The molecule has 0 bridgehead atoms. The van der Waals surface area contributed by atoms with Crippen LogP contribution in [0.4, 0.5) is 16.4 Å². The molecule has 0 radical (unpaired) electrons. The van der Waals surface area contributed by atoms with Gasteiger partial charge in [-0.25, -0.2) is 14.8 Å². The molecule has 1 amide bonds. The van der Waals surface area contributed by atoms with Crippen molar-refractivity contribution in [3.8, 4) is 23.0 Å². The Morgan fingerprint density at radius 3 is 2.84 bits per heavy atom. The highest BCUT2D eigenvalue weighted by Gasteiger charge is 2.27. The number of hydrogen-bond acceptors (Lipinski definition) is 6. The van der Waals surface area contributed by atoms with Gasteiger partial charge in [-0.2, -0.15) is 5.10 Å². The molecule has 0 saturated heterocycles. The number of aromatic amines is 1. The third kappa shape index (κ3) is 4.70. The van der Waals surface area contributed by atoms with Gasteiger partial charge in [0.15, 0.2) is 17.5 Å². The lowest BCUT2D eigenvalue weighted by Gasteiger charge is -2.32.